The quantitative estimate of drug-likeness (QED) is 0.407. The zero-order chi connectivity index (χ0) is 22.4. The Kier molecular flexibility index (Phi) is 4.96. The summed E-state index contributed by atoms with van der Waals surface area (Å²) in [6.45, 7) is 2.09. The van der Waals surface area contributed by atoms with Crippen molar-refractivity contribution in [1.29, 1.82) is 0 Å². The molecule has 5 aromatic rings. The fourth-order valence-corrected chi connectivity index (χ4v) is 5.65. The molecule has 8 nitrogen and oxygen atoms in total. The number of aryl methyl sites for hydroxylation is 1. The second-order valence-electron chi connectivity index (χ2n) is 8.01. The number of hydrogen-bond donors (Lipinski definition) is 1. The molecule has 33 heavy (non-hydrogen) atoms. The monoisotopic (exact) mass is 473 g/mol. The van der Waals surface area contributed by atoms with Gasteiger partial charge in [-0.2, -0.15) is 0 Å². The number of pyridine rings is 2. The number of fused-ring (bicyclic) bond motifs is 1. The molecule has 6 rings (SSSR count). The number of carbonyl (C=O) groups excluding carboxylic acids is 1. The number of nitrogens with one attached hydrogen (secondary N) is 1. The van der Waals surface area contributed by atoms with E-state index in [-0.39, 0.29) is 17.9 Å². The van der Waals surface area contributed by atoms with Crippen molar-refractivity contribution in [2.45, 2.75) is 31.7 Å². The number of thiazole rings is 1. The molecule has 1 saturated carbocycles. The molecule has 0 saturated heterocycles. The summed E-state index contributed by atoms with van der Waals surface area (Å²) in [4.78, 5) is 27.2. The molecule has 0 aliphatic heterocycles. The lowest BCUT2D eigenvalue weighted by Gasteiger charge is -2.35. The predicted molar refractivity (Wildman–Crippen MR) is 128 cm³/mol. The molecule has 5 heterocycles. The third-order valence-corrected chi connectivity index (χ3v) is 7.59. The third-order valence-electron chi connectivity index (χ3n) is 5.84. The van der Waals surface area contributed by atoms with E-state index >= 15 is 0 Å². The molecule has 0 radical (unpaired) electrons. The standard InChI is InChI=1S/C23H19N7OS2/c1-13-4-5-18(33-13)30-20(28-29-21(30)23-26-9-10-32-23)14-11-15(12-14)27-22(31)16-6-8-24-17-3-2-7-25-19(16)17/h2-10,14-15H,11-12H2,1H3,(H,27,31)/t14-,15-. The maximum atomic E-state index is 12.9. The van der Waals surface area contributed by atoms with Crippen molar-refractivity contribution >= 4 is 39.6 Å². The minimum atomic E-state index is -0.122. The number of thiophene rings is 1. The molecule has 10 heteroatoms. The number of carbonyl (C=O) groups is 1. The van der Waals surface area contributed by atoms with E-state index in [9.17, 15) is 4.79 Å². The summed E-state index contributed by atoms with van der Waals surface area (Å²) in [6.07, 6.45) is 6.73. The van der Waals surface area contributed by atoms with Gasteiger partial charge in [-0.3, -0.25) is 19.3 Å². The molecule has 1 amide bonds. The Morgan fingerprint density at radius 2 is 1.97 bits per heavy atom. The normalized spacial score (nSPS) is 17.7. The highest BCUT2D eigenvalue weighted by molar-refractivity contribution is 7.14. The van der Waals surface area contributed by atoms with Crippen molar-refractivity contribution in [3.63, 3.8) is 0 Å². The highest BCUT2D eigenvalue weighted by Gasteiger charge is 2.36. The zero-order valence-electron chi connectivity index (χ0n) is 17.7. The second-order valence-corrected chi connectivity index (χ2v) is 10.2. The molecule has 0 unspecified atom stereocenters. The first-order valence-corrected chi connectivity index (χ1v) is 12.3. The molecular weight excluding hydrogens is 454 g/mol. The Bertz CT molecular complexity index is 1450. The van der Waals surface area contributed by atoms with Crippen molar-refractivity contribution in [1.82, 2.24) is 35.0 Å². The van der Waals surface area contributed by atoms with Gasteiger partial charge < -0.3 is 5.32 Å². The van der Waals surface area contributed by atoms with Gasteiger partial charge in [0.25, 0.3) is 5.91 Å². The summed E-state index contributed by atoms with van der Waals surface area (Å²) < 4.78 is 2.12. The van der Waals surface area contributed by atoms with Gasteiger partial charge in [0.2, 0.25) is 0 Å². The van der Waals surface area contributed by atoms with Gasteiger partial charge in [-0.15, -0.1) is 32.9 Å². The Hall–Kier alpha value is -3.50. The Labute approximate surface area is 197 Å². The Morgan fingerprint density at radius 1 is 1.06 bits per heavy atom. The maximum absolute atomic E-state index is 12.9. The molecule has 1 aliphatic carbocycles. The van der Waals surface area contributed by atoms with Gasteiger partial charge in [0.1, 0.15) is 16.3 Å². The molecule has 0 bridgehead atoms. The number of aromatic nitrogens is 6. The number of amides is 1. The fourth-order valence-electron chi connectivity index (χ4n) is 4.16. The van der Waals surface area contributed by atoms with Crippen LogP contribution >= 0.6 is 22.7 Å². The first kappa shape index (κ1) is 20.1. The van der Waals surface area contributed by atoms with E-state index in [0.717, 1.165) is 34.5 Å². The van der Waals surface area contributed by atoms with Crippen LogP contribution in [-0.4, -0.2) is 41.7 Å². The lowest BCUT2D eigenvalue weighted by molar-refractivity contribution is 0.0908. The molecule has 1 fully saturated rings. The van der Waals surface area contributed by atoms with Crippen molar-refractivity contribution in [2.24, 2.45) is 0 Å². The van der Waals surface area contributed by atoms with E-state index in [0.29, 0.717) is 16.6 Å². The maximum Gasteiger partial charge on any atom is 0.253 e. The van der Waals surface area contributed by atoms with E-state index in [1.165, 1.54) is 4.88 Å². The van der Waals surface area contributed by atoms with Crippen LogP contribution in [0.2, 0.25) is 0 Å². The molecule has 164 valence electrons. The van der Waals surface area contributed by atoms with E-state index in [2.05, 4.69) is 54.1 Å². The van der Waals surface area contributed by atoms with Gasteiger partial charge in [-0.05, 0) is 50.1 Å². The first-order valence-electron chi connectivity index (χ1n) is 10.6. The minimum absolute atomic E-state index is 0.0768. The summed E-state index contributed by atoms with van der Waals surface area (Å²) in [6, 6.07) is 9.68. The zero-order valence-corrected chi connectivity index (χ0v) is 19.3. The van der Waals surface area contributed by atoms with Crippen molar-refractivity contribution in [3.8, 4) is 15.8 Å². The van der Waals surface area contributed by atoms with Crippen molar-refractivity contribution in [3.05, 3.63) is 70.6 Å². The van der Waals surface area contributed by atoms with Crippen LogP contribution in [0.25, 0.3) is 26.9 Å². The molecule has 1 N–H and O–H groups in total. The first-order chi connectivity index (χ1) is 16.2. The SMILES string of the molecule is Cc1ccc(-n2c(-c3nccs3)nnc2[C@H]2C[C@H](NC(=O)c3ccnc4cccnc34)C2)s1. The average molecular weight is 474 g/mol. The van der Waals surface area contributed by atoms with Gasteiger partial charge >= 0.3 is 0 Å². The number of hydrogen-bond acceptors (Lipinski definition) is 8. The smallest absolute Gasteiger partial charge is 0.253 e. The largest absolute Gasteiger partial charge is 0.349 e. The van der Waals surface area contributed by atoms with E-state index < -0.39 is 0 Å². The van der Waals surface area contributed by atoms with E-state index in [1.54, 1.807) is 47.3 Å². The highest BCUT2D eigenvalue weighted by Crippen LogP contribution is 2.40. The van der Waals surface area contributed by atoms with Crippen LogP contribution in [0, 0.1) is 6.92 Å². The molecule has 0 atom stereocenters. The van der Waals surface area contributed by atoms with Crippen LogP contribution in [0.15, 0.2) is 54.3 Å². The molecule has 0 spiro atoms. The van der Waals surface area contributed by atoms with Gasteiger partial charge in [-0.1, -0.05) is 0 Å². The minimum Gasteiger partial charge on any atom is -0.349 e. The summed E-state index contributed by atoms with van der Waals surface area (Å²) in [5.41, 5.74) is 1.88. The van der Waals surface area contributed by atoms with Crippen LogP contribution in [0.4, 0.5) is 0 Å². The summed E-state index contributed by atoms with van der Waals surface area (Å²) in [5, 5.41) is 16.1. The van der Waals surface area contributed by atoms with Gasteiger partial charge in [0, 0.05) is 40.8 Å². The van der Waals surface area contributed by atoms with Gasteiger partial charge in [0.15, 0.2) is 10.8 Å². The van der Waals surface area contributed by atoms with Crippen LogP contribution in [0.5, 0.6) is 0 Å². The van der Waals surface area contributed by atoms with Crippen LogP contribution < -0.4 is 5.32 Å². The topological polar surface area (TPSA) is 98.5 Å². The molecule has 0 aromatic carbocycles. The third kappa shape index (κ3) is 3.61. The van der Waals surface area contributed by atoms with Crippen LogP contribution in [0.3, 0.4) is 0 Å². The van der Waals surface area contributed by atoms with Crippen molar-refractivity contribution < 1.29 is 4.79 Å². The number of rotatable bonds is 5. The van der Waals surface area contributed by atoms with Gasteiger partial charge in [-0.25, -0.2) is 4.98 Å². The van der Waals surface area contributed by atoms with Crippen molar-refractivity contribution in [2.75, 3.05) is 0 Å². The average Bonchev–Trinajstić information content (AvgIpc) is 3.55. The van der Waals surface area contributed by atoms with Gasteiger partial charge in [0.05, 0.1) is 11.1 Å². The molecular formula is C23H19N7OS2. The molecule has 1 aliphatic rings. The van der Waals surface area contributed by atoms with Crippen LogP contribution in [-0.2, 0) is 0 Å². The lowest BCUT2D eigenvalue weighted by atomic mass is 9.79. The Balaban J connectivity index is 1.23. The fraction of sp³-hybridized carbons (Fsp3) is 0.217. The second kappa shape index (κ2) is 8.13. The summed E-state index contributed by atoms with van der Waals surface area (Å²) >= 11 is 3.26. The Morgan fingerprint density at radius 3 is 2.76 bits per heavy atom. The lowest BCUT2D eigenvalue weighted by Crippen LogP contribution is -2.44. The summed E-state index contributed by atoms with van der Waals surface area (Å²) in [5.74, 6) is 1.78. The highest BCUT2D eigenvalue weighted by atomic mass is 32.1. The van der Waals surface area contributed by atoms with E-state index in [1.807, 2.05) is 17.5 Å². The van der Waals surface area contributed by atoms with Crippen LogP contribution in [0.1, 0.15) is 39.8 Å². The molecule has 5 aromatic heterocycles. The number of nitrogens with zero attached hydrogens (tertiary/aromatic N) is 6. The summed E-state index contributed by atoms with van der Waals surface area (Å²) in [7, 11) is 0. The predicted octanol–water partition coefficient (Wildman–Crippen LogP) is 4.38. The van der Waals surface area contributed by atoms with E-state index in [4.69, 9.17) is 0 Å².